The summed E-state index contributed by atoms with van der Waals surface area (Å²) in [5, 5.41) is -0.497. The Labute approximate surface area is 121 Å². The highest BCUT2D eigenvalue weighted by molar-refractivity contribution is 6.20. The molecule has 0 fully saturated rings. The van der Waals surface area contributed by atoms with Crippen molar-refractivity contribution in [2.24, 2.45) is 0 Å². The second kappa shape index (κ2) is 5.25. The van der Waals surface area contributed by atoms with Crippen LogP contribution >= 0.6 is 11.6 Å². The third kappa shape index (κ3) is 2.54. The molecule has 20 heavy (non-hydrogen) atoms. The number of hydrogen-bond acceptors (Lipinski definition) is 2. The topological polar surface area (TPSA) is 26.0 Å². The lowest BCUT2D eigenvalue weighted by molar-refractivity contribution is 0.519. The van der Waals surface area contributed by atoms with E-state index in [2.05, 4.69) is 4.98 Å². The maximum atomic E-state index is 13.8. The van der Waals surface area contributed by atoms with Gasteiger partial charge in [0.25, 0.3) is 0 Å². The van der Waals surface area contributed by atoms with Crippen LogP contribution < -0.4 is 0 Å². The van der Waals surface area contributed by atoms with Crippen LogP contribution in [0.25, 0.3) is 11.1 Å². The lowest BCUT2D eigenvalue weighted by Gasteiger charge is -2.09. The van der Waals surface area contributed by atoms with Gasteiger partial charge >= 0.3 is 0 Å². The fourth-order valence-corrected chi connectivity index (χ4v) is 2.47. The van der Waals surface area contributed by atoms with Crippen LogP contribution in [-0.4, -0.2) is 4.98 Å². The van der Waals surface area contributed by atoms with Crippen LogP contribution in [0, 0.1) is 12.7 Å². The van der Waals surface area contributed by atoms with Gasteiger partial charge < -0.3 is 4.42 Å². The molecule has 0 N–H and O–H groups in total. The molecule has 1 aromatic heterocycles. The number of para-hydroxylation sites is 2. The number of benzene rings is 2. The third-order valence-corrected chi connectivity index (χ3v) is 3.57. The molecule has 0 bridgehead atoms. The molecule has 3 aromatic rings. The molecule has 0 aliphatic rings. The van der Waals surface area contributed by atoms with Crippen LogP contribution in [0.15, 0.2) is 46.9 Å². The first kappa shape index (κ1) is 13.1. The summed E-state index contributed by atoms with van der Waals surface area (Å²) in [5.74, 6) is 0.221. The van der Waals surface area contributed by atoms with E-state index in [1.165, 1.54) is 6.07 Å². The summed E-state index contributed by atoms with van der Waals surface area (Å²) in [4.78, 5) is 4.36. The number of fused-ring (bicyclic) bond motifs is 1. The Kier molecular flexibility index (Phi) is 3.45. The Hall–Kier alpha value is -1.87. The molecule has 1 unspecified atom stereocenters. The first-order valence-corrected chi connectivity index (χ1v) is 6.81. The predicted molar refractivity (Wildman–Crippen MR) is 77.4 cm³/mol. The lowest BCUT2D eigenvalue weighted by Crippen LogP contribution is -2.00. The van der Waals surface area contributed by atoms with Gasteiger partial charge in [-0.2, -0.15) is 0 Å². The summed E-state index contributed by atoms with van der Waals surface area (Å²) in [6.45, 7) is 1.91. The number of hydrogen-bond donors (Lipinski definition) is 0. The van der Waals surface area contributed by atoms with Crippen molar-refractivity contribution in [1.82, 2.24) is 4.98 Å². The van der Waals surface area contributed by atoms with Gasteiger partial charge in [0.2, 0.25) is 0 Å². The summed E-state index contributed by atoms with van der Waals surface area (Å²) < 4.78 is 19.4. The molecule has 1 heterocycles. The van der Waals surface area contributed by atoms with Crippen molar-refractivity contribution in [3.05, 3.63) is 65.3 Å². The van der Waals surface area contributed by atoms with Gasteiger partial charge in [0.15, 0.2) is 11.5 Å². The number of oxazole rings is 1. The summed E-state index contributed by atoms with van der Waals surface area (Å²) >= 11 is 6.31. The number of rotatable bonds is 3. The monoisotopic (exact) mass is 289 g/mol. The van der Waals surface area contributed by atoms with Crippen LogP contribution in [0.1, 0.15) is 22.4 Å². The molecule has 0 spiro atoms. The summed E-state index contributed by atoms with van der Waals surface area (Å²) in [5.41, 5.74) is 2.96. The second-order valence-electron chi connectivity index (χ2n) is 4.77. The van der Waals surface area contributed by atoms with Crippen molar-refractivity contribution in [1.29, 1.82) is 0 Å². The van der Waals surface area contributed by atoms with Gasteiger partial charge in [0.1, 0.15) is 11.3 Å². The SMILES string of the molecule is Cc1ccc(F)c(C(Cl)Cc2nc3ccccc3o2)c1. The molecule has 3 rings (SSSR count). The summed E-state index contributed by atoms with van der Waals surface area (Å²) in [7, 11) is 0. The average Bonchev–Trinajstić information content (AvgIpc) is 2.83. The minimum Gasteiger partial charge on any atom is -0.441 e. The number of nitrogens with zero attached hydrogens (tertiary/aromatic N) is 1. The minimum atomic E-state index is -0.497. The molecule has 4 heteroatoms. The maximum absolute atomic E-state index is 13.8. The van der Waals surface area contributed by atoms with E-state index in [1.54, 1.807) is 12.1 Å². The van der Waals surface area contributed by atoms with Crippen LogP contribution in [0.2, 0.25) is 0 Å². The fraction of sp³-hybridized carbons (Fsp3) is 0.188. The lowest BCUT2D eigenvalue weighted by atomic mass is 10.1. The Morgan fingerprint density at radius 1 is 1.25 bits per heavy atom. The third-order valence-electron chi connectivity index (χ3n) is 3.18. The molecule has 0 amide bonds. The van der Waals surface area contributed by atoms with E-state index in [0.29, 0.717) is 17.9 Å². The van der Waals surface area contributed by atoms with Gasteiger partial charge in [-0.25, -0.2) is 9.37 Å². The standard InChI is InChI=1S/C16H13ClFNO/c1-10-6-7-13(18)11(8-10)12(17)9-16-19-14-4-2-3-5-15(14)20-16/h2-8,12H,9H2,1H3. The Morgan fingerprint density at radius 3 is 2.85 bits per heavy atom. The molecule has 1 atom stereocenters. The molecule has 0 aliphatic heterocycles. The molecule has 2 aromatic carbocycles. The van der Waals surface area contributed by atoms with E-state index in [-0.39, 0.29) is 5.82 Å². The van der Waals surface area contributed by atoms with E-state index in [4.69, 9.17) is 16.0 Å². The van der Waals surface area contributed by atoms with Crippen LogP contribution in [0.5, 0.6) is 0 Å². The molecular formula is C16H13ClFNO. The van der Waals surface area contributed by atoms with Crippen molar-refractivity contribution >= 4 is 22.7 Å². The van der Waals surface area contributed by atoms with Crippen LogP contribution in [0.3, 0.4) is 0 Å². The number of aryl methyl sites for hydroxylation is 1. The van der Waals surface area contributed by atoms with E-state index < -0.39 is 5.38 Å². The van der Waals surface area contributed by atoms with Gasteiger partial charge in [0, 0.05) is 12.0 Å². The first-order valence-electron chi connectivity index (χ1n) is 6.38. The summed E-state index contributed by atoms with van der Waals surface area (Å²) in [6.07, 6.45) is 0.358. The second-order valence-corrected chi connectivity index (χ2v) is 5.30. The van der Waals surface area contributed by atoms with Gasteiger partial charge in [-0.3, -0.25) is 0 Å². The van der Waals surface area contributed by atoms with Crippen LogP contribution in [0.4, 0.5) is 4.39 Å². The van der Waals surface area contributed by atoms with Gasteiger partial charge in [-0.15, -0.1) is 11.6 Å². The number of alkyl halides is 1. The predicted octanol–water partition coefficient (Wildman–Crippen LogP) is 4.80. The Balaban J connectivity index is 1.88. The minimum absolute atomic E-state index is 0.299. The zero-order valence-corrected chi connectivity index (χ0v) is 11.7. The zero-order chi connectivity index (χ0) is 14.1. The van der Waals surface area contributed by atoms with E-state index >= 15 is 0 Å². The fourth-order valence-electron chi connectivity index (χ4n) is 2.17. The first-order chi connectivity index (χ1) is 9.63. The van der Waals surface area contributed by atoms with E-state index in [1.807, 2.05) is 31.2 Å². The molecule has 0 saturated carbocycles. The molecule has 0 radical (unpaired) electrons. The largest absolute Gasteiger partial charge is 0.441 e. The van der Waals surface area contributed by atoms with Crippen molar-refractivity contribution < 1.29 is 8.81 Å². The highest BCUT2D eigenvalue weighted by Gasteiger charge is 2.17. The van der Waals surface area contributed by atoms with Gasteiger partial charge in [0.05, 0.1) is 5.38 Å². The molecule has 102 valence electrons. The molecule has 0 aliphatic carbocycles. The average molecular weight is 290 g/mol. The smallest absolute Gasteiger partial charge is 0.197 e. The molecule has 2 nitrogen and oxygen atoms in total. The number of aromatic nitrogens is 1. The Bertz CT molecular complexity index is 720. The normalized spacial score (nSPS) is 12.8. The van der Waals surface area contributed by atoms with Crippen molar-refractivity contribution in [2.75, 3.05) is 0 Å². The van der Waals surface area contributed by atoms with E-state index in [9.17, 15) is 4.39 Å². The van der Waals surface area contributed by atoms with Gasteiger partial charge in [-0.1, -0.05) is 29.8 Å². The summed E-state index contributed by atoms with van der Waals surface area (Å²) in [6, 6.07) is 12.4. The Morgan fingerprint density at radius 2 is 2.05 bits per heavy atom. The van der Waals surface area contributed by atoms with Crippen LogP contribution in [-0.2, 0) is 6.42 Å². The van der Waals surface area contributed by atoms with Crippen molar-refractivity contribution in [3.63, 3.8) is 0 Å². The molecule has 0 saturated heterocycles. The van der Waals surface area contributed by atoms with Gasteiger partial charge in [-0.05, 0) is 25.1 Å². The number of halogens is 2. The van der Waals surface area contributed by atoms with Crippen molar-refractivity contribution in [3.8, 4) is 0 Å². The maximum Gasteiger partial charge on any atom is 0.197 e. The highest BCUT2D eigenvalue weighted by atomic mass is 35.5. The highest BCUT2D eigenvalue weighted by Crippen LogP contribution is 2.29. The van der Waals surface area contributed by atoms with E-state index in [0.717, 1.165) is 16.7 Å². The molecular weight excluding hydrogens is 277 g/mol. The zero-order valence-electron chi connectivity index (χ0n) is 10.9. The van der Waals surface area contributed by atoms with Crippen molar-refractivity contribution in [2.45, 2.75) is 18.7 Å². The quantitative estimate of drug-likeness (QED) is 0.647.